The molecule has 1 amide bonds. The summed E-state index contributed by atoms with van der Waals surface area (Å²) < 4.78 is 33.8. The van der Waals surface area contributed by atoms with Gasteiger partial charge in [-0.1, -0.05) is 54.8 Å². The number of hydrogen-bond donors (Lipinski definition) is 1. The molecule has 0 aliphatic heterocycles. The van der Waals surface area contributed by atoms with Crippen LogP contribution in [0.4, 0.5) is 5.69 Å². The SMILES string of the molecule is CCCc1ccc(OCCNC(=O)CN(c2ccc(Cl)cc2C)S(=O)(=O)c2ccc(C)cc2)cc1. The van der Waals surface area contributed by atoms with Crippen molar-refractivity contribution in [3.8, 4) is 5.75 Å². The molecular formula is C27H31ClN2O4S. The Morgan fingerprint density at radius 3 is 2.31 bits per heavy atom. The lowest BCUT2D eigenvalue weighted by molar-refractivity contribution is -0.119. The Hall–Kier alpha value is -3.03. The molecule has 0 saturated carbocycles. The monoisotopic (exact) mass is 514 g/mol. The van der Waals surface area contributed by atoms with Crippen molar-refractivity contribution in [2.75, 3.05) is 24.0 Å². The maximum Gasteiger partial charge on any atom is 0.264 e. The summed E-state index contributed by atoms with van der Waals surface area (Å²) in [6.45, 7) is 5.92. The molecule has 3 aromatic carbocycles. The highest BCUT2D eigenvalue weighted by Crippen LogP contribution is 2.29. The van der Waals surface area contributed by atoms with Gasteiger partial charge in [0.25, 0.3) is 10.0 Å². The minimum Gasteiger partial charge on any atom is -0.492 e. The van der Waals surface area contributed by atoms with E-state index in [2.05, 4.69) is 12.2 Å². The quantitative estimate of drug-likeness (QED) is 0.352. The van der Waals surface area contributed by atoms with Crippen LogP contribution in [-0.2, 0) is 21.2 Å². The number of ether oxygens (including phenoxy) is 1. The van der Waals surface area contributed by atoms with E-state index in [0.29, 0.717) is 16.3 Å². The minimum absolute atomic E-state index is 0.111. The molecule has 0 aliphatic rings. The van der Waals surface area contributed by atoms with E-state index < -0.39 is 15.9 Å². The molecule has 8 heteroatoms. The number of nitrogens with zero attached hydrogens (tertiary/aromatic N) is 1. The maximum absolute atomic E-state index is 13.5. The summed E-state index contributed by atoms with van der Waals surface area (Å²) in [6, 6.07) is 19.3. The molecule has 0 aromatic heterocycles. The van der Waals surface area contributed by atoms with Gasteiger partial charge in [0, 0.05) is 5.02 Å². The zero-order chi connectivity index (χ0) is 25.4. The highest BCUT2D eigenvalue weighted by molar-refractivity contribution is 7.92. The van der Waals surface area contributed by atoms with Gasteiger partial charge in [0.15, 0.2) is 0 Å². The zero-order valence-electron chi connectivity index (χ0n) is 20.3. The third-order valence-corrected chi connectivity index (χ3v) is 7.49. The van der Waals surface area contributed by atoms with E-state index in [0.717, 1.165) is 28.5 Å². The van der Waals surface area contributed by atoms with Gasteiger partial charge in [-0.05, 0) is 73.9 Å². The Morgan fingerprint density at radius 2 is 1.69 bits per heavy atom. The first-order valence-electron chi connectivity index (χ1n) is 11.5. The van der Waals surface area contributed by atoms with Gasteiger partial charge in [-0.2, -0.15) is 0 Å². The largest absolute Gasteiger partial charge is 0.492 e. The standard InChI is InChI=1S/C27H31ClN2O4S/c1-4-5-22-8-11-24(12-9-22)34-17-16-29-27(31)19-30(26-15-10-23(28)18-21(26)3)35(32,33)25-13-6-20(2)7-14-25/h6-15,18H,4-5,16-17,19H2,1-3H3,(H,29,31). The first-order chi connectivity index (χ1) is 16.7. The molecule has 0 fully saturated rings. The van der Waals surface area contributed by atoms with Crippen molar-refractivity contribution in [2.45, 2.75) is 38.5 Å². The Bertz CT molecular complexity index is 1240. The normalized spacial score (nSPS) is 11.2. The van der Waals surface area contributed by atoms with E-state index in [1.807, 2.05) is 31.2 Å². The molecule has 0 unspecified atom stereocenters. The van der Waals surface area contributed by atoms with Crippen LogP contribution in [0.3, 0.4) is 0 Å². The van der Waals surface area contributed by atoms with Gasteiger partial charge in [-0.25, -0.2) is 8.42 Å². The Labute approximate surface area is 212 Å². The van der Waals surface area contributed by atoms with Crippen LogP contribution in [0.2, 0.25) is 5.02 Å². The highest BCUT2D eigenvalue weighted by atomic mass is 35.5. The van der Waals surface area contributed by atoms with Gasteiger partial charge in [0.05, 0.1) is 17.1 Å². The van der Waals surface area contributed by atoms with Gasteiger partial charge >= 0.3 is 0 Å². The van der Waals surface area contributed by atoms with Crippen LogP contribution < -0.4 is 14.4 Å². The van der Waals surface area contributed by atoms with Gasteiger partial charge in [0.2, 0.25) is 5.91 Å². The first kappa shape index (κ1) is 26.6. The van der Waals surface area contributed by atoms with Crippen LogP contribution in [0.5, 0.6) is 5.75 Å². The number of carbonyl (C=O) groups is 1. The van der Waals surface area contributed by atoms with Crippen molar-refractivity contribution < 1.29 is 17.9 Å². The summed E-state index contributed by atoms with van der Waals surface area (Å²) in [5, 5.41) is 3.24. The second kappa shape index (κ2) is 12.1. The van der Waals surface area contributed by atoms with E-state index in [4.69, 9.17) is 16.3 Å². The number of carbonyl (C=O) groups excluding carboxylic acids is 1. The molecule has 3 aromatic rings. The maximum atomic E-state index is 13.5. The Morgan fingerprint density at radius 1 is 1.00 bits per heavy atom. The van der Waals surface area contributed by atoms with Gasteiger partial charge in [0.1, 0.15) is 18.9 Å². The third-order valence-electron chi connectivity index (χ3n) is 5.48. The molecule has 0 atom stereocenters. The van der Waals surface area contributed by atoms with Crippen LogP contribution >= 0.6 is 11.6 Å². The Kier molecular flexibility index (Phi) is 9.18. The van der Waals surface area contributed by atoms with E-state index >= 15 is 0 Å². The Balaban J connectivity index is 1.69. The average molecular weight is 515 g/mol. The molecule has 0 saturated heterocycles. The van der Waals surface area contributed by atoms with Crippen LogP contribution in [0.25, 0.3) is 0 Å². The fourth-order valence-corrected chi connectivity index (χ4v) is 5.33. The molecule has 0 bridgehead atoms. The lowest BCUT2D eigenvalue weighted by Crippen LogP contribution is -2.42. The highest BCUT2D eigenvalue weighted by Gasteiger charge is 2.28. The fraction of sp³-hybridized carbons (Fsp3) is 0.296. The summed E-state index contributed by atoms with van der Waals surface area (Å²) in [4.78, 5) is 12.9. The predicted octanol–water partition coefficient (Wildman–Crippen LogP) is 5.30. The third kappa shape index (κ3) is 7.23. The van der Waals surface area contributed by atoms with Crippen molar-refractivity contribution in [2.24, 2.45) is 0 Å². The van der Waals surface area contributed by atoms with E-state index in [1.165, 1.54) is 5.56 Å². The molecule has 1 N–H and O–H groups in total. The summed E-state index contributed by atoms with van der Waals surface area (Å²) in [6.07, 6.45) is 2.10. The van der Waals surface area contributed by atoms with Crippen LogP contribution in [0.1, 0.15) is 30.0 Å². The van der Waals surface area contributed by atoms with Crippen molar-refractivity contribution in [1.29, 1.82) is 0 Å². The number of benzene rings is 3. The van der Waals surface area contributed by atoms with Crippen molar-refractivity contribution in [3.63, 3.8) is 0 Å². The summed E-state index contributed by atoms with van der Waals surface area (Å²) >= 11 is 6.07. The minimum atomic E-state index is -3.99. The number of anilines is 1. The van der Waals surface area contributed by atoms with Crippen molar-refractivity contribution in [1.82, 2.24) is 5.32 Å². The molecule has 0 aliphatic carbocycles. The zero-order valence-corrected chi connectivity index (χ0v) is 21.8. The van der Waals surface area contributed by atoms with Gasteiger partial charge in [-0.3, -0.25) is 9.10 Å². The second-order valence-corrected chi connectivity index (χ2v) is 10.6. The summed E-state index contributed by atoms with van der Waals surface area (Å²) in [5.41, 5.74) is 3.24. The number of rotatable bonds is 11. The van der Waals surface area contributed by atoms with Gasteiger partial charge < -0.3 is 10.1 Å². The number of nitrogens with one attached hydrogen (secondary N) is 1. The van der Waals surface area contributed by atoms with Crippen molar-refractivity contribution >= 4 is 33.2 Å². The number of hydrogen-bond acceptors (Lipinski definition) is 4. The molecule has 0 spiro atoms. The second-order valence-electron chi connectivity index (χ2n) is 8.35. The molecule has 0 heterocycles. The number of aryl methyl sites for hydroxylation is 3. The van der Waals surface area contributed by atoms with Crippen molar-refractivity contribution in [3.05, 3.63) is 88.4 Å². The van der Waals surface area contributed by atoms with E-state index in [9.17, 15) is 13.2 Å². The average Bonchev–Trinajstić information content (AvgIpc) is 2.82. The van der Waals surface area contributed by atoms with Crippen LogP contribution in [-0.4, -0.2) is 34.0 Å². The predicted molar refractivity (Wildman–Crippen MR) is 141 cm³/mol. The lowest BCUT2D eigenvalue weighted by atomic mass is 10.1. The fourth-order valence-electron chi connectivity index (χ4n) is 3.62. The smallest absolute Gasteiger partial charge is 0.264 e. The van der Waals surface area contributed by atoms with E-state index in [1.54, 1.807) is 49.4 Å². The molecule has 35 heavy (non-hydrogen) atoms. The molecule has 0 radical (unpaired) electrons. The number of halogens is 1. The molecule has 6 nitrogen and oxygen atoms in total. The van der Waals surface area contributed by atoms with E-state index in [-0.39, 0.29) is 24.6 Å². The molecule has 3 rings (SSSR count). The molecule has 186 valence electrons. The first-order valence-corrected chi connectivity index (χ1v) is 13.4. The topological polar surface area (TPSA) is 75.7 Å². The summed E-state index contributed by atoms with van der Waals surface area (Å²) in [5.74, 6) is 0.288. The van der Waals surface area contributed by atoms with Crippen LogP contribution in [0.15, 0.2) is 71.6 Å². The summed E-state index contributed by atoms with van der Waals surface area (Å²) in [7, 11) is -3.99. The van der Waals surface area contributed by atoms with Gasteiger partial charge in [-0.15, -0.1) is 0 Å². The number of amides is 1. The number of sulfonamides is 1. The lowest BCUT2D eigenvalue weighted by Gasteiger charge is -2.26. The van der Waals surface area contributed by atoms with Crippen LogP contribution in [0, 0.1) is 13.8 Å². The molecular weight excluding hydrogens is 484 g/mol.